The zero-order chi connectivity index (χ0) is 36.5. The van der Waals surface area contributed by atoms with Crippen LogP contribution in [0.25, 0.3) is 99.3 Å². The number of hydrogen-bond acceptors (Lipinski definition) is 3. The molecular weight excluding hydrogens is 681 g/mol. The van der Waals surface area contributed by atoms with Gasteiger partial charge in [-0.3, -0.25) is 0 Å². The van der Waals surface area contributed by atoms with Crippen LogP contribution in [0.5, 0.6) is 0 Å². The van der Waals surface area contributed by atoms with Crippen molar-refractivity contribution >= 4 is 54.4 Å². The second kappa shape index (κ2) is 10.9. The first kappa shape index (κ1) is 30.0. The second-order valence-electron chi connectivity index (χ2n) is 15.2. The van der Waals surface area contributed by atoms with Crippen molar-refractivity contribution in [1.29, 1.82) is 0 Å². The van der Waals surface area contributed by atoms with Crippen LogP contribution in [0.2, 0.25) is 0 Å². The van der Waals surface area contributed by atoms with Crippen molar-refractivity contribution in [3.05, 3.63) is 204 Å². The van der Waals surface area contributed by atoms with Gasteiger partial charge >= 0.3 is 0 Å². The average molecular weight is 711 g/mol. The highest BCUT2D eigenvalue weighted by Crippen LogP contribution is 2.63. The van der Waals surface area contributed by atoms with E-state index in [1.807, 2.05) is 0 Å². The minimum Gasteiger partial charge on any atom is -0.455 e. The molecule has 0 fully saturated rings. The normalized spacial score (nSPS) is 13.5. The Hall–Kier alpha value is -7.36. The largest absolute Gasteiger partial charge is 0.455 e. The van der Waals surface area contributed by atoms with Gasteiger partial charge in [0.2, 0.25) is 0 Å². The van der Waals surface area contributed by atoms with E-state index in [1.165, 1.54) is 55.3 Å². The highest BCUT2D eigenvalue weighted by molar-refractivity contribution is 6.23. The van der Waals surface area contributed by atoms with E-state index in [9.17, 15) is 0 Å². The minimum absolute atomic E-state index is 0.456. The Bertz CT molecular complexity index is 3450. The Balaban J connectivity index is 1.16. The number of benzene rings is 9. The van der Waals surface area contributed by atoms with Gasteiger partial charge in [0.05, 0.1) is 22.0 Å². The molecule has 0 saturated carbocycles. The van der Waals surface area contributed by atoms with Gasteiger partial charge in [0.25, 0.3) is 0 Å². The van der Waals surface area contributed by atoms with Crippen LogP contribution in [0.15, 0.2) is 186 Å². The smallest absolute Gasteiger partial charge is 0.161 e. The van der Waals surface area contributed by atoms with Crippen molar-refractivity contribution in [2.45, 2.75) is 5.41 Å². The number of rotatable bonds is 2. The molecule has 0 saturated heterocycles. The van der Waals surface area contributed by atoms with E-state index in [1.54, 1.807) is 0 Å². The first-order valence-electron chi connectivity index (χ1n) is 19.2. The molecule has 2 aromatic heterocycles. The van der Waals surface area contributed by atoms with Gasteiger partial charge in [0.1, 0.15) is 11.2 Å². The Morgan fingerprint density at radius 1 is 0.411 bits per heavy atom. The summed E-state index contributed by atoms with van der Waals surface area (Å²) in [5.74, 6) is 0.701. The molecule has 0 aliphatic heterocycles. The van der Waals surface area contributed by atoms with Crippen LogP contribution in [0.3, 0.4) is 0 Å². The summed E-state index contributed by atoms with van der Waals surface area (Å²) in [6, 6.07) is 65.8. The van der Waals surface area contributed by atoms with Crippen LogP contribution in [0.4, 0.5) is 0 Å². The summed E-state index contributed by atoms with van der Waals surface area (Å²) >= 11 is 0. The Morgan fingerprint density at radius 2 is 1.02 bits per heavy atom. The van der Waals surface area contributed by atoms with E-state index in [2.05, 4.69) is 182 Å². The molecule has 0 amide bonds. The molecule has 3 heteroatoms. The van der Waals surface area contributed by atoms with E-state index in [-0.39, 0.29) is 0 Å². The van der Waals surface area contributed by atoms with Gasteiger partial charge in [-0.15, -0.1) is 0 Å². The summed E-state index contributed by atoms with van der Waals surface area (Å²) in [6.45, 7) is 0. The zero-order valence-corrected chi connectivity index (χ0v) is 30.1. The number of nitrogens with zero attached hydrogens (tertiary/aromatic N) is 2. The molecule has 2 heterocycles. The van der Waals surface area contributed by atoms with E-state index < -0.39 is 5.41 Å². The third-order valence-electron chi connectivity index (χ3n) is 12.5. The average Bonchev–Trinajstić information content (AvgIpc) is 3.91. The van der Waals surface area contributed by atoms with Gasteiger partial charge < -0.3 is 4.42 Å². The molecule has 0 atom stereocenters. The quantitative estimate of drug-likeness (QED) is 0.179. The first-order valence-corrected chi connectivity index (χ1v) is 19.2. The monoisotopic (exact) mass is 710 g/mol. The molecule has 1 spiro atoms. The Kier molecular flexibility index (Phi) is 5.83. The minimum atomic E-state index is -0.456. The van der Waals surface area contributed by atoms with Crippen LogP contribution in [0, 0.1) is 0 Å². The van der Waals surface area contributed by atoms with Gasteiger partial charge in [-0.25, -0.2) is 9.97 Å². The summed E-state index contributed by atoms with van der Waals surface area (Å²) in [4.78, 5) is 11.2. The van der Waals surface area contributed by atoms with Crippen LogP contribution in [-0.4, -0.2) is 9.97 Å². The number of aromatic nitrogens is 2. The van der Waals surface area contributed by atoms with E-state index in [4.69, 9.17) is 14.4 Å². The second-order valence-corrected chi connectivity index (χ2v) is 15.2. The number of fused-ring (bicyclic) bond motifs is 18. The fourth-order valence-corrected chi connectivity index (χ4v) is 10.2. The van der Waals surface area contributed by atoms with Crippen molar-refractivity contribution in [3.63, 3.8) is 0 Å². The molecule has 258 valence electrons. The first-order chi connectivity index (χ1) is 27.8. The van der Waals surface area contributed by atoms with Crippen molar-refractivity contribution in [1.82, 2.24) is 9.97 Å². The predicted octanol–water partition coefficient (Wildman–Crippen LogP) is 13.5. The lowest BCUT2D eigenvalue weighted by molar-refractivity contribution is 0.673. The molecule has 2 aliphatic carbocycles. The van der Waals surface area contributed by atoms with Crippen molar-refractivity contribution in [3.8, 4) is 44.9 Å². The lowest BCUT2D eigenvalue weighted by atomic mass is 9.70. The molecule has 0 unspecified atom stereocenters. The number of hydrogen-bond donors (Lipinski definition) is 0. The lowest BCUT2D eigenvalue weighted by Crippen LogP contribution is -2.25. The fourth-order valence-electron chi connectivity index (χ4n) is 10.2. The molecule has 9 aromatic carbocycles. The summed E-state index contributed by atoms with van der Waals surface area (Å²) in [7, 11) is 0. The van der Waals surface area contributed by atoms with E-state index >= 15 is 0 Å². The van der Waals surface area contributed by atoms with E-state index in [0.29, 0.717) is 5.82 Å². The maximum Gasteiger partial charge on any atom is 0.161 e. The molecule has 3 nitrogen and oxygen atoms in total. The molecular formula is C53H30N2O. The van der Waals surface area contributed by atoms with Gasteiger partial charge in [0.15, 0.2) is 5.82 Å². The topological polar surface area (TPSA) is 38.9 Å². The third-order valence-corrected chi connectivity index (χ3v) is 12.5. The zero-order valence-electron chi connectivity index (χ0n) is 30.1. The van der Waals surface area contributed by atoms with Crippen LogP contribution >= 0.6 is 0 Å². The fraction of sp³-hybridized carbons (Fsp3) is 0.0189. The Labute approximate surface area is 322 Å². The van der Waals surface area contributed by atoms with Gasteiger partial charge in [0, 0.05) is 27.3 Å². The summed E-state index contributed by atoms with van der Waals surface area (Å²) in [5, 5.41) is 7.68. The Morgan fingerprint density at radius 3 is 1.82 bits per heavy atom. The van der Waals surface area contributed by atoms with Gasteiger partial charge in [-0.2, -0.15) is 0 Å². The lowest BCUT2D eigenvalue weighted by Gasteiger charge is -2.30. The predicted molar refractivity (Wildman–Crippen MR) is 229 cm³/mol. The maximum absolute atomic E-state index is 6.71. The summed E-state index contributed by atoms with van der Waals surface area (Å²) in [5.41, 5.74) is 15.3. The highest BCUT2D eigenvalue weighted by Gasteiger charge is 2.52. The van der Waals surface area contributed by atoms with Crippen LogP contribution < -0.4 is 0 Å². The molecule has 0 bridgehead atoms. The van der Waals surface area contributed by atoms with Crippen LogP contribution in [0.1, 0.15) is 22.3 Å². The maximum atomic E-state index is 6.71. The van der Waals surface area contributed by atoms with Gasteiger partial charge in [-0.05, 0) is 84.9 Å². The highest BCUT2D eigenvalue weighted by atomic mass is 16.3. The third kappa shape index (κ3) is 3.76. The summed E-state index contributed by atoms with van der Waals surface area (Å²) in [6.07, 6.45) is 0. The standard InChI is InChI=1S/C53H30N2O/c1-2-14-33-30-34(25-24-31(33)12-1)49-41-28-29-46-48(39-27-26-32-13-3-4-15-35(32)51(39)56-46)50(41)55-52(54-49)40-19-11-23-45-47(40)38-18-7-10-22-44(38)53(45)42-20-8-5-16-36(42)37-17-6-9-21-43(37)53/h1-30H. The number of furan rings is 1. The van der Waals surface area contributed by atoms with Crippen molar-refractivity contribution in [2.75, 3.05) is 0 Å². The molecule has 0 N–H and O–H groups in total. The van der Waals surface area contributed by atoms with E-state index in [0.717, 1.165) is 60.4 Å². The molecule has 56 heavy (non-hydrogen) atoms. The van der Waals surface area contributed by atoms with Crippen LogP contribution in [-0.2, 0) is 5.41 Å². The van der Waals surface area contributed by atoms with Crippen molar-refractivity contribution in [2.24, 2.45) is 0 Å². The van der Waals surface area contributed by atoms with Crippen molar-refractivity contribution < 1.29 is 4.42 Å². The molecule has 11 aromatic rings. The molecule has 13 rings (SSSR count). The van der Waals surface area contributed by atoms with Gasteiger partial charge in [-0.1, -0.05) is 158 Å². The molecule has 2 aliphatic rings. The summed E-state index contributed by atoms with van der Waals surface area (Å²) < 4.78 is 6.71. The molecule has 0 radical (unpaired) electrons. The SMILES string of the molecule is c1ccc2c(c1)-c1ccccc1C21c2ccccc2-c2c(-c3nc(-c4ccc5ccccc5c4)c4ccc5oc6c7ccccc7ccc6c5c4n3)cccc21.